The molecule has 6 nitrogen and oxygen atoms in total. The van der Waals surface area contributed by atoms with Crippen LogP contribution in [-0.2, 0) is 15.0 Å². The Balaban J connectivity index is 1.85. The SMILES string of the molecule is Nc1ccc(-c2csc(N3CC(S(=O)(=O)F)CC3=O)n2)cc1. The van der Waals surface area contributed by atoms with Crippen LogP contribution in [0.5, 0.6) is 0 Å². The van der Waals surface area contributed by atoms with Gasteiger partial charge < -0.3 is 5.73 Å². The van der Waals surface area contributed by atoms with E-state index in [1.165, 1.54) is 16.2 Å². The molecule has 1 aliphatic heterocycles. The van der Waals surface area contributed by atoms with Crippen LogP contribution in [0, 0.1) is 0 Å². The van der Waals surface area contributed by atoms with Gasteiger partial charge in [0.05, 0.1) is 5.69 Å². The van der Waals surface area contributed by atoms with Crippen molar-refractivity contribution in [2.75, 3.05) is 17.2 Å². The van der Waals surface area contributed by atoms with Crippen molar-refractivity contribution in [3.63, 3.8) is 0 Å². The van der Waals surface area contributed by atoms with Gasteiger partial charge in [-0.05, 0) is 12.1 Å². The van der Waals surface area contributed by atoms with Gasteiger partial charge in [0.1, 0.15) is 5.25 Å². The minimum absolute atomic E-state index is 0.202. The van der Waals surface area contributed by atoms with Gasteiger partial charge >= 0.3 is 10.2 Å². The molecule has 1 unspecified atom stereocenters. The summed E-state index contributed by atoms with van der Waals surface area (Å²) in [4.78, 5) is 17.4. The number of rotatable bonds is 3. The highest BCUT2D eigenvalue weighted by atomic mass is 32.3. The van der Waals surface area contributed by atoms with Crippen LogP contribution >= 0.6 is 11.3 Å². The molecule has 1 saturated heterocycles. The van der Waals surface area contributed by atoms with Gasteiger partial charge in [-0.25, -0.2) is 4.98 Å². The number of benzene rings is 1. The topological polar surface area (TPSA) is 93.4 Å². The molecule has 116 valence electrons. The van der Waals surface area contributed by atoms with Gasteiger partial charge in [0.15, 0.2) is 5.13 Å². The Bertz CT molecular complexity index is 817. The maximum atomic E-state index is 13.0. The number of carbonyl (C=O) groups is 1. The first-order valence-electron chi connectivity index (χ1n) is 6.40. The third kappa shape index (κ3) is 2.81. The number of thiazole rings is 1. The van der Waals surface area contributed by atoms with Crippen molar-refractivity contribution in [3.8, 4) is 11.3 Å². The third-order valence-corrected chi connectivity index (χ3v) is 5.39. The van der Waals surface area contributed by atoms with Crippen LogP contribution in [0.2, 0.25) is 0 Å². The Labute approximate surface area is 130 Å². The highest BCUT2D eigenvalue weighted by Gasteiger charge is 2.40. The average Bonchev–Trinajstić information content (AvgIpc) is 3.05. The first kappa shape index (κ1) is 14.9. The Kier molecular flexibility index (Phi) is 3.61. The van der Waals surface area contributed by atoms with Crippen molar-refractivity contribution >= 4 is 38.3 Å². The van der Waals surface area contributed by atoms with Crippen molar-refractivity contribution in [2.24, 2.45) is 0 Å². The summed E-state index contributed by atoms with van der Waals surface area (Å²) < 4.78 is 34.9. The van der Waals surface area contributed by atoms with Gasteiger partial charge in [-0.3, -0.25) is 9.69 Å². The number of nitrogen functional groups attached to an aromatic ring is 1. The summed E-state index contributed by atoms with van der Waals surface area (Å²) in [6.45, 7) is -0.202. The summed E-state index contributed by atoms with van der Waals surface area (Å²) in [7, 11) is -4.73. The molecule has 0 aliphatic carbocycles. The van der Waals surface area contributed by atoms with Gasteiger partial charge in [-0.2, -0.15) is 8.42 Å². The molecule has 22 heavy (non-hydrogen) atoms. The van der Waals surface area contributed by atoms with Crippen molar-refractivity contribution in [3.05, 3.63) is 29.6 Å². The zero-order valence-corrected chi connectivity index (χ0v) is 12.9. The van der Waals surface area contributed by atoms with Gasteiger partial charge in [0.25, 0.3) is 0 Å². The van der Waals surface area contributed by atoms with Crippen LogP contribution in [0.15, 0.2) is 29.6 Å². The number of amides is 1. The highest BCUT2D eigenvalue weighted by molar-refractivity contribution is 7.87. The maximum absolute atomic E-state index is 13.0. The van der Waals surface area contributed by atoms with Crippen LogP contribution in [-0.4, -0.2) is 31.1 Å². The summed E-state index contributed by atoms with van der Waals surface area (Å²) in [6.07, 6.45) is -0.352. The Morgan fingerprint density at radius 3 is 2.59 bits per heavy atom. The van der Waals surface area contributed by atoms with Crippen molar-refractivity contribution < 1.29 is 17.1 Å². The molecule has 0 radical (unpaired) electrons. The van der Waals surface area contributed by atoms with Crippen LogP contribution in [0.4, 0.5) is 14.7 Å². The first-order chi connectivity index (χ1) is 10.3. The number of aromatic nitrogens is 1. The molecule has 2 N–H and O–H groups in total. The Morgan fingerprint density at radius 2 is 2.00 bits per heavy atom. The highest BCUT2D eigenvalue weighted by Crippen LogP contribution is 2.31. The number of carbonyl (C=O) groups excluding carboxylic acids is 1. The van der Waals surface area contributed by atoms with Crippen molar-refractivity contribution in [2.45, 2.75) is 11.7 Å². The van der Waals surface area contributed by atoms with Gasteiger partial charge in [0, 0.05) is 29.6 Å². The van der Waals surface area contributed by atoms with Gasteiger partial charge in [-0.1, -0.05) is 12.1 Å². The van der Waals surface area contributed by atoms with E-state index in [1.807, 2.05) is 0 Å². The first-order valence-corrected chi connectivity index (χ1v) is 8.72. The lowest BCUT2D eigenvalue weighted by Gasteiger charge is -2.11. The summed E-state index contributed by atoms with van der Waals surface area (Å²) in [6, 6.07) is 7.08. The zero-order chi connectivity index (χ0) is 15.9. The number of anilines is 2. The van der Waals surface area contributed by atoms with E-state index in [1.54, 1.807) is 29.6 Å². The number of hydrogen-bond donors (Lipinski definition) is 1. The fourth-order valence-corrected chi connectivity index (χ4v) is 3.75. The molecule has 0 spiro atoms. The normalized spacial score (nSPS) is 18.9. The largest absolute Gasteiger partial charge is 0.399 e. The molecule has 1 aromatic carbocycles. The minimum Gasteiger partial charge on any atom is -0.399 e. The van der Waals surface area contributed by atoms with E-state index < -0.39 is 21.4 Å². The summed E-state index contributed by atoms with van der Waals surface area (Å²) in [5.41, 5.74) is 7.73. The predicted octanol–water partition coefficient (Wildman–Crippen LogP) is 1.80. The van der Waals surface area contributed by atoms with Gasteiger partial charge in [-0.15, -0.1) is 15.2 Å². The van der Waals surface area contributed by atoms with Crippen LogP contribution in [0.1, 0.15) is 6.42 Å². The van der Waals surface area contributed by atoms with E-state index in [4.69, 9.17) is 5.73 Å². The third-order valence-electron chi connectivity index (χ3n) is 3.42. The van der Waals surface area contributed by atoms with E-state index in [0.717, 1.165) is 5.56 Å². The second-order valence-corrected chi connectivity index (χ2v) is 7.40. The monoisotopic (exact) mass is 341 g/mol. The molecule has 1 amide bonds. The lowest BCUT2D eigenvalue weighted by Crippen LogP contribution is -2.26. The van der Waals surface area contributed by atoms with Crippen LogP contribution in [0.25, 0.3) is 11.3 Å². The number of hydrogen-bond acceptors (Lipinski definition) is 6. The maximum Gasteiger partial charge on any atom is 0.307 e. The fourth-order valence-electron chi connectivity index (χ4n) is 2.22. The predicted molar refractivity (Wildman–Crippen MR) is 82.7 cm³/mol. The van der Waals surface area contributed by atoms with Gasteiger partial charge in [0.2, 0.25) is 5.91 Å². The molecule has 2 aromatic rings. The standard InChI is InChI=1S/C13H12FN3O3S2/c14-22(19,20)10-5-12(18)17(6-10)13-16-11(7-21-13)8-1-3-9(15)4-2-8/h1-4,7,10H,5-6,15H2. The molecule has 2 heterocycles. The zero-order valence-electron chi connectivity index (χ0n) is 11.3. The molecule has 9 heteroatoms. The second kappa shape index (κ2) is 5.33. The molecule has 1 atom stereocenters. The summed E-state index contributed by atoms with van der Waals surface area (Å²) >= 11 is 1.21. The van der Waals surface area contributed by atoms with Crippen molar-refractivity contribution in [1.82, 2.24) is 4.98 Å². The fraction of sp³-hybridized carbons (Fsp3) is 0.231. The lowest BCUT2D eigenvalue weighted by molar-refractivity contribution is -0.117. The minimum atomic E-state index is -4.73. The van der Waals surface area contributed by atoms with Crippen LogP contribution in [0.3, 0.4) is 0 Å². The van der Waals surface area contributed by atoms with Crippen molar-refractivity contribution in [1.29, 1.82) is 0 Å². The molecule has 1 aliphatic rings. The smallest absolute Gasteiger partial charge is 0.307 e. The van der Waals surface area contributed by atoms with Crippen LogP contribution < -0.4 is 10.6 Å². The number of nitrogens with zero attached hydrogens (tertiary/aromatic N) is 2. The molecule has 1 fully saturated rings. The van der Waals surface area contributed by atoms with E-state index in [0.29, 0.717) is 16.5 Å². The lowest BCUT2D eigenvalue weighted by atomic mass is 10.1. The molecule has 0 saturated carbocycles. The Morgan fingerprint density at radius 1 is 1.32 bits per heavy atom. The number of halogens is 1. The number of nitrogens with two attached hydrogens (primary N) is 1. The summed E-state index contributed by atoms with van der Waals surface area (Å²) in [5.74, 6) is -0.440. The average molecular weight is 341 g/mol. The molecular weight excluding hydrogens is 329 g/mol. The molecule has 0 bridgehead atoms. The molecule has 1 aromatic heterocycles. The van der Waals surface area contributed by atoms with E-state index in [-0.39, 0.29) is 13.0 Å². The Hall–Kier alpha value is -2.00. The molecular formula is C13H12FN3O3S2. The molecule has 3 rings (SSSR count). The van der Waals surface area contributed by atoms with E-state index in [9.17, 15) is 17.1 Å². The quantitative estimate of drug-likeness (QED) is 0.679. The van der Waals surface area contributed by atoms with E-state index in [2.05, 4.69) is 4.98 Å². The summed E-state index contributed by atoms with van der Waals surface area (Å²) in [5, 5.41) is 0.803. The van der Waals surface area contributed by atoms with E-state index >= 15 is 0 Å². The second-order valence-electron chi connectivity index (χ2n) is 4.94.